The van der Waals surface area contributed by atoms with Crippen LogP contribution in [0, 0.1) is 0 Å². The Hall–Kier alpha value is -1.07. The van der Waals surface area contributed by atoms with Gasteiger partial charge in [0.1, 0.15) is 5.60 Å². The van der Waals surface area contributed by atoms with E-state index in [1.54, 1.807) is 20.8 Å². The molecule has 0 aromatic rings. The van der Waals surface area contributed by atoms with Crippen molar-refractivity contribution in [1.82, 2.24) is 5.32 Å². The molecule has 20 heavy (non-hydrogen) atoms. The second kappa shape index (κ2) is 8.97. The SMILES string of the molecule is C=C(Cl)CC(C)OC/C(=C/F)CNC(=O)OC(C)(C)C. The first-order valence-electron chi connectivity index (χ1n) is 6.34. The summed E-state index contributed by atoms with van der Waals surface area (Å²) in [5, 5.41) is 2.94. The summed E-state index contributed by atoms with van der Waals surface area (Å²) in [6, 6.07) is 0. The van der Waals surface area contributed by atoms with Gasteiger partial charge in [0.05, 0.1) is 19.0 Å². The van der Waals surface area contributed by atoms with E-state index in [2.05, 4.69) is 11.9 Å². The molecule has 0 rings (SSSR count). The van der Waals surface area contributed by atoms with Gasteiger partial charge in [-0.3, -0.25) is 0 Å². The van der Waals surface area contributed by atoms with Crippen LogP contribution in [0.2, 0.25) is 0 Å². The number of alkyl carbamates (subject to hydrolysis) is 1. The lowest BCUT2D eigenvalue weighted by atomic mass is 10.2. The molecule has 1 N–H and O–H groups in total. The summed E-state index contributed by atoms with van der Waals surface area (Å²) >= 11 is 5.65. The molecule has 0 aliphatic rings. The minimum absolute atomic E-state index is 0.0277. The highest BCUT2D eigenvalue weighted by Gasteiger charge is 2.16. The van der Waals surface area contributed by atoms with Gasteiger partial charge in [0, 0.05) is 23.6 Å². The van der Waals surface area contributed by atoms with Crippen LogP contribution in [0.25, 0.3) is 0 Å². The number of rotatable bonds is 7. The second-order valence-corrected chi connectivity index (χ2v) is 6.00. The highest BCUT2D eigenvalue weighted by molar-refractivity contribution is 6.29. The van der Waals surface area contributed by atoms with Gasteiger partial charge in [-0.2, -0.15) is 0 Å². The summed E-state index contributed by atoms with van der Waals surface area (Å²) in [6.45, 7) is 10.7. The molecular weight excluding hydrogens is 285 g/mol. The number of nitrogens with one attached hydrogen (secondary N) is 1. The van der Waals surface area contributed by atoms with Crippen LogP contribution in [-0.4, -0.2) is 30.9 Å². The van der Waals surface area contributed by atoms with Gasteiger partial charge in [-0.15, -0.1) is 0 Å². The van der Waals surface area contributed by atoms with Gasteiger partial charge in [-0.1, -0.05) is 18.2 Å². The van der Waals surface area contributed by atoms with Gasteiger partial charge < -0.3 is 14.8 Å². The summed E-state index contributed by atoms with van der Waals surface area (Å²) in [6.07, 6.45) is 0.135. The molecule has 0 aromatic carbocycles. The van der Waals surface area contributed by atoms with Crippen LogP contribution in [0.3, 0.4) is 0 Å². The summed E-state index contributed by atoms with van der Waals surface area (Å²) in [5.74, 6) is 0. The van der Waals surface area contributed by atoms with Gasteiger partial charge in [0.25, 0.3) is 0 Å². The van der Waals surface area contributed by atoms with Gasteiger partial charge in [0.2, 0.25) is 0 Å². The summed E-state index contributed by atoms with van der Waals surface area (Å²) in [7, 11) is 0. The predicted molar refractivity (Wildman–Crippen MR) is 78.5 cm³/mol. The largest absolute Gasteiger partial charge is 0.444 e. The molecule has 6 heteroatoms. The van der Waals surface area contributed by atoms with Crippen LogP contribution in [0.1, 0.15) is 34.1 Å². The number of hydrogen-bond donors (Lipinski definition) is 1. The molecule has 116 valence electrons. The van der Waals surface area contributed by atoms with Crippen LogP contribution in [0.15, 0.2) is 23.5 Å². The van der Waals surface area contributed by atoms with Crippen molar-refractivity contribution < 1.29 is 18.7 Å². The maximum absolute atomic E-state index is 12.7. The average molecular weight is 308 g/mol. The Morgan fingerprint density at radius 1 is 1.50 bits per heavy atom. The number of halogens is 2. The fourth-order valence-electron chi connectivity index (χ4n) is 1.24. The van der Waals surface area contributed by atoms with Crippen molar-refractivity contribution in [3.63, 3.8) is 0 Å². The molecule has 1 unspecified atom stereocenters. The third kappa shape index (κ3) is 10.8. The first-order valence-corrected chi connectivity index (χ1v) is 6.71. The molecule has 0 aliphatic heterocycles. The van der Waals surface area contributed by atoms with Crippen molar-refractivity contribution >= 4 is 17.7 Å². The van der Waals surface area contributed by atoms with Gasteiger partial charge in [-0.25, -0.2) is 9.18 Å². The van der Waals surface area contributed by atoms with Crippen molar-refractivity contribution in [2.24, 2.45) is 0 Å². The highest BCUT2D eigenvalue weighted by Crippen LogP contribution is 2.11. The second-order valence-electron chi connectivity index (χ2n) is 5.47. The Morgan fingerprint density at radius 3 is 2.55 bits per heavy atom. The molecule has 0 radical (unpaired) electrons. The summed E-state index contributed by atoms with van der Waals surface area (Å²) in [4.78, 5) is 11.4. The molecule has 0 saturated heterocycles. The zero-order valence-corrected chi connectivity index (χ0v) is 13.2. The number of hydrogen-bond acceptors (Lipinski definition) is 3. The van der Waals surface area contributed by atoms with Gasteiger partial charge >= 0.3 is 6.09 Å². The lowest BCUT2D eigenvalue weighted by Gasteiger charge is -2.20. The Morgan fingerprint density at radius 2 is 2.10 bits per heavy atom. The summed E-state index contributed by atoms with van der Waals surface area (Å²) in [5.41, 5.74) is -0.280. The molecule has 1 amide bonds. The number of carbonyl (C=O) groups is 1. The molecule has 0 aromatic heterocycles. The minimum atomic E-state index is -0.598. The molecule has 0 aliphatic carbocycles. The van der Waals surface area contributed by atoms with Crippen LogP contribution in [-0.2, 0) is 9.47 Å². The average Bonchev–Trinajstić information content (AvgIpc) is 2.25. The molecular formula is C14H23ClFNO3. The zero-order valence-electron chi connectivity index (χ0n) is 12.5. The first kappa shape index (κ1) is 18.9. The van der Waals surface area contributed by atoms with Crippen molar-refractivity contribution in [3.8, 4) is 0 Å². The predicted octanol–water partition coefficient (Wildman–Crippen LogP) is 3.91. The van der Waals surface area contributed by atoms with Crippen LogP contribution in [0.4, 0.5) is 9.18 Å². The topological polar surface area (TPSA) is 47.6 Å². The lowest BCUT2D eigenvalue weighted by Crippen LogP contribution is -2.34. The van der Waals surface area contributed by atoms with E-state index in [-0.39, 0.29) is 19.3 Å². The van der Waals surface area contributed by atoms with Crippen LogP contribution >= 0.6 is 11.6 Å². The first-order chi connectivity index (χ1) is 9.14. The third-order valence-corrected chi connectivity index (χ3v) is 2.23. The standard InChI is InChI=1S/C14H23ClFNO3/c1-10(15)6-11(2)19-9-12(7-16)8-17-13(18)20-14(3,4)5/h7,11H,1,6,8-9H2,2-5H3,(H,17,18)/b12-7+. The monoisotopic (exact) mass is 307 g/mol. The normalized spacial score (nSPS) is 13.8. The van der Waals surface area contributed by atoms with Crippen molar-refractivity contribution in [2.75, 3.05) is 13.2 Å². The fraction of sp³-hybridized carbons (Fsp3) is 0.643. The van der Waals surface area contributed by atoms with E-state index >= 15 is 0 Å². The van der Waals surface area contributed by atoms with E-state index in [0.29, 0.717) is 23.4 Å². The summed E-state index contributed by atoms with van der Waals surface area (Å²) < 4.78 is 23.1. The molecule has 1 atom stereocenters. The van der Waals surface area contributed by atoms with E-state index in [9.17, 15) is 9.18 Å². The van der Waals surface area contributed by atoms with Crippen molar-refractivity contribution in [3.05, 3.63) is 23.5 Å². The van der Waals surface area contributed by atoms with Crippen LogP contribution in [0.5, 0.6) is 0 Å². The van der Waals surface area contributed by atoms with Gasteiger partial charge in [0.15, 0.2) is 0 Å². The maximum Gasteiger partial charge on any atom is 0.407 e. The van der Waals surface area contributed by atoms with E-state index in [4.69, 9.17) is 21.1 Å². The quantitative estimate of drug-likeness (QED) is 0.775. The molecule has 0 saturated carbocycles. The molecule has 4 nitrogen and oxygen atoms in total. The number of ether oxygens (including phenoxy) is 2. The smallest absolute Gasteiger partial charge is 0.407 e. The Kier molecular flexibility index (Phi) is 8.49. The fourth-order valence-corrected chi connectivity index (χ4v) is 1.46. The Balaban J connectivity index is 4.06. The Labute approximate surface area is 125 Å². The van der Waals surface area contributed by atoms with Crippen molar-refractivity contribution in [2.45, 2.75) is 45.8 Å². The van der Waals surface area contributed by atoms with Crippen LogP contribution < -0.4 is 5.32 Å². The highest BCUT2D eigenvalue weighted by atomic mass is 35.5. The van der Waals surface area contributed by atoms with Gasteiger partial charge in [-0.05, 0) is 27.7 Å². The molecule has 0 fully saturated rings. The third-order valence-electron chi connectivity index (χ3n) is 2.08. The lowest BCUT2D eigenvalue weighted by molar-refractivity contribution is 0.0524. The Bertz CT molecular complexity index is 364. The molecule has 0 bridgehead atoms. The number of amides is 1. The van der Waals surface area contributed by atoms with E-state index in [1.165, 1.54) is 0 Å². The minimum Gasteiger partial charge on any atom is -0.444 e. The zero-order chi connectivity index (χ0) is 15.8. The van der Waals surface area contributed by atoms with Crippen molar-refractivity contribution in [1.29, 1.82) is 0 Å². The maximum atomic E-state index is 12.7. The van der Waals surface area contributed by atoms with E-state index in [1.807, 2.05) is 6.92 Å². The number of carbonyl (C=O) groups excluding carboxylic acids is 1. The van der Waals surface area contributed by atoms with E-state index < -0.39 is 11.7 Å². The molecule has 0 heterocycles. The van der Waals surface area contributed by atoms with E-state index in [0.717, 1.165) is 0 Å². The molecule has 0 spiro atoms.